The Kier molecular flexibility index (Phi) is 3.89. The fraction of sp³-hybridized carbons (Fsp3) is 0.0455. The van der Waals surface area contributed by atoms with Crippen LogP contribution in [0.2, 0.25) is 0 Å². The SMILES string of the molecule is N#CCc1ccc(-n2cnc3cnc4ccc(-c5cccs5)cc4c32)c(F)c1. The average molecular weight is 384 g/mol. The smallest absolute Gasteiger partial charge is 0.147 e. The summed E-state index contributed by atoms with van der Waals surface area (Å²) in [6, 6.07) is 17.1. The highest BCUT2D eigenvalue weighted by atomic mass is 32.1. The summed E-state index contributed by atoms with van der Waals surface area (Å²) in [5, 5.41) is 11.8. The molecule has 6 heteroatoms. The third kappa shape index (κ3) is 2.65. The molecule has 0 unspecified atom stereocenters. The quantitative estimate of drug-likeness (QED) is 0.412. The van der Waals surface area contributed by atoms with Gasteiger partial charge >= 0.3 is 0 Å². The summed E-state index contributed by atoms with van der Waals surface area (Å²) >= 11 is 1.67. The maximum atomic E-state index is 14.8. The molecule has 3 heterocycles. The van der Waals surface area contributed by atoms with E-state index in [1.807, 2.05) is 29.6 Å². The third-order valence-corrected chi connectivity index (χ3v) is 5.65. The number of halogens is 1. The third-order valence-electron chi connectivity index (χ3n) is 4.73. The molecule has 0 N–H and O–H groups in total. The molecule has 0 saturated heterocycles. The molecule has 2 aromatic carbocycles. The number of aromatic nitrogens is 3. The minimum Gasteiger partial charge on any atom is -0.295 e. The molecule has 0 aliphatic carbocycles. The number of imidazole rings is 1. The highest BCUT2D eigenvalue weighted by Crippen LogP contribution is 2.32. The van der Waals surface area contributed by atoms with Gasteiger partial charge in [0.2, 0.25) is 0 Å². The van der Waals surface area contributed by atoms with E-state index in [-0.39, 0.29) is 12.2 Å². The Morgan fingerprint density at radius 1 is 1.07 bits per heavy atom. The van der Waals surface area contributed by atoms with Gasteiger partial charge in [-0.2, -0.15) is 5.26 Å². The van der Waals surface area contributed by atoms with E-state index in [9.17, 15) is 4.39 Å². The molecule has 0 aliphatic heterocycles. The van der Waals surface area contributed by atoms with Gasteiger partial charge in [0.05, 0.1) is 35.4 Å². The molecular weight excluding hydrogens is 371 g/mol. The number of benzene rings is 2. The first kappa shape index (κ1) is 16.6. The van der Waals surface area contributed by atoms with E-state index >= 15 is 0 Å². The summed E-state index contributed by atoms with van der Waals surface area (Å²) in [5.74, 6) is -0.383. The average Bonchev–Trinajstić information content (AvgIpc) is 3.38. The number of nitrogens with zero attached hydrogens (tertiary/aromatic N) is 4. The van der Waals surface area contributed by atoms with Crippen molar-refractivity contribution in [1.29, 1.82) is 5.26 Å². The molecule has 0 radical (unpaired) electrons. The molecule has 4 nitrogen and oxygen atoms in total. The fourth-order valence-corrected chi connectivity index (χ4v) is 4.14. The summed E-state index contributed by atoms with van der Waals surface area (Å²) < 4.78 is 16.5. The molecule has 0 amide bonds. The van der Waals surface area contributed by atoms with Gasteiger partial charge in [-0.3, -0.25) is 9.55 Å². The number of thiophene rings is 1. The first-order valence-corrected chi connectivity index (χ1v) is 9.58. The molecule has 3 aromatic heterocycles. The second-order valence-electron chi connectivity index (χ2n) is 6.44. The molecule has 134 valence electrons. The van der Waals surface area contributed by atoms with Crippen molar-refractivity contribution in [3.8, 4) is 22.2 Å². The number of nitriles is 1. The van der Waals surface area contributed by atoms with Crippen LogP contribution in [0.3, 0.4) is 0 Å². The summed E-state index contributed by atoms with van der Waals surface area (Å²) in [6.45, 7) is 0. The monoisotopic (exact) mass is 384 g/mol. The van der Waals surface area contributed by atoms with Crippen molar-refractivity contribution >= 4 is 33.3 Å². The highest BCUT2D eigenvalue weighted by molar-refractivity contribution is 7.13. The maximum absolute atomic E-state index is 14.8. The van der Waals surface area contributed by atoms with Gasteiger partial charge in [0, 0.05) is 10.3 Å². The Balaban J connectivity index is 1.76. The lowest BCUT2D eigenvalue weighted by molar-refractivity contribution is 0.618. The number of hydrogen-bond donors (Lipinski definition) is 0. The molecule has 5 aromatic rings. The summed E-state index contributed by atoms with van der Waals surface area (Å²) in [4.78, 5) is 10.1. The number of fused-ring (bicyclic) bond motifs is 3. The fourth-order valence-electron chi connectivity index (χ4n) is 3.42. The topological polar surface area (TPSA) is 54.5 Å². The van der Waals surface area contributed by atoms with Crippen LogP contribution in [-0.4, -0.2) is 14.5 Å². The maximum Gasteiger partial charge on any atom is 0.147 e. The highest BCUT2D eigenvalue weighted by Gasteiger charge is 2.14. The van der Waals surface area contributed by atoms with Crippen LogP contribution in [0.1, 0.15) is 5.56 Å². The van der Waals surface area contributed by atoms with Crippen LogP contribution in [0.4, 0.5) is 4.39 Å². The van der Waals surface area contributed by atoms with Crippen LogP contribution >= 0.6 is 11.3 Å². The van der Waals surface area contributed by atoms with Crippen LogP contribution in [0, 0.1) is 17.1 Å². The Hall–Kier alpha value is -3.56. The van der Waals surface area contributed by atoms with E-state index in [0.29, 0.717) is 16.8 Å². The normalized spacial score (nSPS) is 11.1. The molecule has 0 spiro atoms. The van der Waals surface area contributed by atoms with Gasteiger partial charge in [-0.15, -0.1) is 11.3 Å². The zero-order chi connectivity index (χ0) is 19.1. The molecule has 0 saturated carbocycles. The van der Waals surface area contributed by atoms with Crippen LogP contribution in [0.15, 0.2) is 66.4 Å². The molecule has 0 atom stereocenters. The molecular formula is C22H13FN4S. The minimum absolute atomic E-state index is 0.179. The van der Waals surface area contributed by atoms with E-state index in [1.54, 1.807) is 40.6 Å². The lowest BCUT2D eigenvalue weighted by Crippen LogP contribution is -1.98. The van der Waals surface area contributed by atoms with Crippen molar-refractivity contribution in [1.82, 2.24) is 14.5 Å². The Morgan fingerprint density at radius 2 is 2.00 bits per heavy atom. The van der Waals surface area contributed by atoms with Crippen molar-refractivity contribution in [2.45, 2.75) is 6.42 Å². The van der Waals surface area contributed by atoms with Crippen molar-refractivity contribution in [3.63, 3.8) is 0 Å². The molecule has 0 fully saturated rings. The number of pyridine rings is 1. The van der Waals surface area contributed by atoms with Crippen LogP contribution < -0.4 is 0 Å². The summed E-state index contributed by atoms with van der Waals surface area (Å²) in [6.07, 6.45) is 3.51. The van der Waals surface area contributed by atoms with E-state index in [2.05, 4.69) is 22.1 Å². The number of hydrogen-bond acceptors (Lipinski definition) is 4. The summed E-state index contributed by atoms with van der Waals surface area (Å²) in [5.41, 5.74) is 4.50. The Bertz CT molecular complexity index is 1360. The predicted molar refractivity (Wildman–Crippen MR) is 109 cm³/mol. The minimum atomic E-state index is -0.383. The largest absolute Gasteiger partial charge is 0.295 e. The van der Waals surface area contributed by atoms with Gasteiger partial charge < -0.3 is 0 Å². The zero-order valence-corrected chi connectivity index (χ0v) is 15.4. The second kappa shape index (κ2) is 6.55. The van der Waals surface area contributed by atoms with Gasteiger partial charge in [0.15, 0.2) is 0 Å². The van der Waals surface area contributed by atoms with Crippen molar-refractivity contribution in [2.75, 3.05) is 0 Å². The van der Waals surface area contributed by atoms with Crippen molar-refractivity contribution < 1.29 is 4.39 Å². The van der Waals surface area contributed by atoms with Crippen LogP contribution in [-0.2, 0) is 6.42 Å². The van der Waals surface area contributed by atoms with Gasteiger partial charge in [-0.25, -0.2) is 9.37 Å². The van der Waals surface area contributed by atoms with E-state index in [1.165, 1.54) is 6.07 Å². The van der Waals surface area contributed by atoms with E-state index < -0.39 is 0 Å². The van der Waals surface area contributed by atoms with Gasteiger partial charge in [-0.05, 0) is 46.8 Å². The Morgan fingerprint density at radius 3 is 2.79 bits per heavy atom. The van der Waals surface area contributed by atoms with Gasteiger partial charge in [0.25, 0.3) is 0 Å². The second-order valence-corrected chi connectivity index (χ2v) is 7.38. The first-order valence-electron chi connectivity index (χ1n) is 8.70. The predicted octanol–water partition coefficient (Wildman–Crippen LogP) is 5.51. The number of rotatable bonds is 3. The van der Waals surface area contributed by atoms with Gasteiger partial charge in [0.1, 0.15) is 17.7 Å². The van der Waals surface area contributed by atoms with Crippen LogP contribution in [0.5, 0.6) is 0 Å². The van der Waals surface area contributed by atoms with Crippen LogP contribution in [0.25, 0.3) is 38.1 Å². The zero-order valence-electron chi connectivity index (χ0n) is 14.6. The standard InChI is InChI=1S/C22H13FN4S/c23-17-10-14(7-8-24)3-6-20(17)27-13-26-19-12-25-18-5-4-15(11-16(18)22(19)27)21-2-1-9-28-21/h1-6,9-13H,7H2. The lowest BCUT2D eigenvalue weighted by Gasteiger charge is -2.09. The molecule has 0 aliphatic rings. The van der Waals surface area contributed by atoms with Crippen molar-refractivity contribution in [3.05, 3.63) is 77.8 Å². The van der Waals surface area contributed by atoms with Gasteiger partial charge in [-0.1, -0.05) is 18.2 Å². The van der Waals surface area contributed by atoms with E-state index in [4.69, 9.17) is 5.26 Å². The van der Waals surface area contributed by atoms with Crippen molar-refractivity contribution in [2.24, 2.45) is 0 Å². The summed E-state index contributed by atoms with van der Waals surface area (Å²) in [7, 11) is 0. The van der Waals surface area contributed by atoms with E-state index in [0.717, 1.165) is 26.9 Å². The molecule has 5 rings (SSSR count). The molecule has 28 heavy (non-hydrogen) atoms. The molecule has 0 bridgehead atoms. The first-order chi connectivity index (χ1) is 13.7. The Labute approximate surface area is 164 Å². The lowest BCUT2D eigenvalue weighted by atomic mass is 10.1.